The highest BCUT2D eigenvalue weighted by molar-refractivity contribution is 5.08. The molecule has 2 nitrogen and oxygen atoms in total. The molecule has 1 aliphatic heterocycles. The molecule has 0 aromatic carbocycles. The van der Waals surface area contributed by atoms with Gasteiger partial charge in [-0.2, -0.15) is 0 Å². The molecule has 0 bridgehead atoms. The molecule has 0 aromatic heterocycles. The molecule has 1 heterocycles. The first-order valence-corrected chi connectivity index (χ1v) is 9.22. The maximum absolute atomic E-state index is 4.02. The zero-order valence-corrected chi connectivity index (χ0v) is 13.7. The summed E-state index contributed by atoms with van der Waals surface area (Å²) in [7, 11) is 0. The Morgan fingerprint density at radius 3 is 2.15 bits per heavy atom. The maximum Gasteiger partial charge on any atom is 0.0335 e. The van der Waals surface area contributed by atoms with Crippen molar-refractivity contribution >= 4 is 0 Å². The SMILES string of the molecule is CCC(CC)CN1CC2(CCCC2)NCC12CCCC2. The van der Waals surface area contributed by atoms with Crippen molar-refractivity contribution in [2.45, 2.75) is 89.1 Å². The first kappa shape index (κ1) is 14.8. The Kier molecular flexibility index (Phi) is 4.42. The van der Waals surface area contributed by atoms with E-state index in [1.165, 1.54) is 83.8 Å². The highest BCUT2D eigenvalue weighted by Gasteiger charge is 2.49. The Hall–Kier alpha value is -0.0800. The second-order valence-corrected chi connectivity index (χ2v) is 7.84. The summed E-state index contributed by atoms with van der Waals surface area (Å²) in [5.41, 5.74) is 1.01. The summed E-state index contributed by atoms with van der Waals surface area (Å²) in [6, 6.07) is 0. The molecule has 2 heteroatoms. The van der Waals surface area contributed by atoms with Crippen LogP contribution in [0.5, 0.6) is 0 Å². The predicted molar refractivity (Wildman–Crippen MR) is 86.0 cm³/mol. The lowest BCUT2D eigenvalue weighted by molar-refractivity contribution is -0.00264. The molecule has 0 amide bonds. The van der Waals surface area contributed by atoms with Crippen LogP contribution in [0.1, 0.15) is 78.1 Å². The summed E-state index contributed by atoms with van der Waals surface area (Å²) in [6.07, 6.45) is 14.2. The summed E-state index contributed by atoms with van der Waals surface area (Å²) in [5.74, 6) is 0.907. The van der Waals surface area contributed by atoms with E-state index in [9.17, 15) is 0 Å². The van der Waals surface area contributed by atoms with Gasteiger partial charge in [0.15, 0.2) is 0 Å². The molecule has 3 fully saturated rings. The minimum absolute atomic E-state index is 0.486. The molecule has 2 spiro atoms. The third kappa shape index (κ3) is 2.66. The van der Waals surface area contributed by atoms with Crippen molar-refractivity contribution in [3.63, 3.8) is 0 Å². The molecule has 116 valence electrons. The van der Waals surface area contributed by atoms with Crippen LogP contribution in [0.3, 0.4) is 0 Å². The second kappa shape index (κ2) is 5.96. The zero-order valence-electron chi connectivity index (χ0n) is 13.7. The smallest absolute Gasteiger partial charge is 0.0335 e. The molecule has 2 aliphatic carbocycles. The lowest BCUT2D eigenvalue weighted by Crippen LogP contribution is -2.69. The lowest BCUT2D eigenvalue weighted by atomic mass is 9.83. The van der Waals surface area contributed by atoms with Crippen LogP contribution < -0.4 is 5.32 Å². The largest absolute Gasteiger partial charge is 0.308 e. The van der Waals surface area contributed by atoms with E-state index >= 15 is 0 Å². The van der Waals surface area contributed by atoms with Crippen molar-refractivity contribution in [2.24, 2.45) is 5.92 Å². The molecule has 0 radical (unpaired) electrons. The average molecular weight is 278 g/mol. The van der Waals surface area contributed by atoms with Crippen molar-refractivity contribution in [1.82, 2.24) is 10.2 Å². The first-order chi connectivity index (χ1) is 9.72. The van der Waals surface area contributed by atoms with Crippen LogP contribution in [0, 0.1) is 5.92 Å². The summed E-state index contributed by atoms with van der Waals surface area (Å²) in [6.45, 7) is 8.72. The molecule has 3 aliphatic rings. The van der Waals surface area contributed by atoms with Gasteiger partial charge >= 0.3 is 0 Å². The van der Waals surface area contributed by atoms with Gasteiger partial charge in [-0.1, -0.05) is 52.4 Å². The van der Waals surface area contributed by atoms with Gasteiger partial charge in [0, 0.05) is 30.7 Å². The van der Waals surface area contributed by atoms with Gasteiger partial charge in [-0.25, -0.2) is 0 Å². The molecule has 2 saturated carbocycles. The van der Waals surface area contributed by atoms with Gasteiger partial charge in [0.05, 0.1) is 0 Å². The molecule has 1 N–H and O–H groups in total. The Labute approximate surface area is 125 Å². The molecule has 0 unspecified atom stereocenters. The number of nitrogens with zero attached hydrogens (tertiary/aromatic N) is 1. The quantitative estimate of drug-likeness (QED) is 0.837. The number of hydrogen-bond acceptors (Lipinski definition) is 2. The molecular formula is C18H34N2. The average Bonchev–Trinajstić information content (AvgIpc) is 3.11. The van der Waals surface area contributed by atoms with Crippen molar-refractivity contribution in [3.05, 3.63) is 0 Å². The summed E-state index contributed by atoms with van der Waals surface area (Å²) in [5, 5.41) is 4.02. The standard InChI is InChI=1S/C18H34N2/c1-3-16(4-2)13-20-15-17(9-5-6-10-17)19-14-18(20)11-7-8-12-18/h16,19H,3-15H2,1-2H3. The number of nitrogens with one attached hydrogen (secondary N) is 1. The summed E-state index contributed by atoms with van der Waals surface area (Å²) < 4.78 is 0. The maximum atomic E-state index is 4.02. The third-order valence-corrected chi connectivity index (χ3v) is 6.69. The Balaban J connectivity index is 1.75. The lowest BCUT2D eigenvalue weighted by Gasteiger charge is -2.53. The van der Waals surface area contributed by atoms with Crippen LogP contribution in [0.25, 0.3) is 0 Å². The van der Waals surface area contributed by atoms with Crippen LogP contribution in [0.4, 0.5) is 0 Å². The molecule has 0 aromatic rings. The van der Waals surface area contributed by atoms with Crippen molar-refractivity contribution < 1.29 is 0 Å². The van der Waals surface area contributed by atoms with E-state index in [1.807, 2.05) is 0 Å². The van der Waals surface area contributed by atoms with Crippen LogP contribution in [0.2, 0.25) is 0 Å². The van der Waals surface area contributed by atoms with Gasteiger partial charge in [0.25, 0.3) is 0 Å². The first-order valence-electron chi connectivity index (χ1n) is 9.22. The van der Waals surface area contributed by atoms with Gasteiger partial charge in [-0.05, 0) is 31.6 Å². The van der Waals surface area contributed by atoms with E-state index < -0.39 is 0 Å². The van der Waals surface area contributed by atoms with Gasteiger partial charge in [0.2, 0.25) is 0 Å². The van der Waals surface area contributed by atoms with E-state index in [1.54, 1.807) is 0 Å². The summed E-state index contributed by atoms with van der Waals surface area (Å²) in [4.78, 5) is 2.96. The van der Waals surface area contributed by atoms with Gasteiger partial charge in [-0.3, -0.25) is 4.90 Å². The third-order valence-electron chi connectivity index (χ3n) is 6.69. The van der Waals surface area contributed by atoms with Gasteiger partial charge in [0.1, 0.15) is 0 Å². The molecule has 0 atom stereocenters. The van der Waals surface area contributed by atoms with Crippen molar-refractivity contribution in [3.8, 4) is 0 Å². The fourth-order valence-electron chi connectivity index (χ4n) is 5.08. The van der Waals surface area contributed by atoms with Crippen LogP contribution in [-0.4, -0.2) is 35.6 Å². The van der Waals surface area contributed by atoms with Gasteiger partial charge < -0.3 is 5.32 Å². The van der Waals surface area contributed by atoms with E-state index in [0.29, 0.717) is 11.1 Å². The minimum Gasteiger partial charge on any atom is -0.308 e. The molecular weight excluding hydrogens is 244 g/mol. The fourth-order valence-corrected chi connectivity index (χ4v) is 5.08. The molecule has 3 rings (SSSR count). The predicted octanol–water partition coefficient (Wildman–Crippen LogP) is 3.95. The Bertz CT molecular complexity index is 309. The van der Waals surface area contributed by atoms with Crippen molar-refractivity contribution in [1.29, 1.82) is 0 Å². The highest BCUT2D eigenvalue weighted by Crippen LogP contribution is 2.43. The number of hydrogen-bond donors (Lipinski definition) is 1. The molecule has 1 saturated heterocycles. The monoisotopic (exact) mass is 278 g/mol. The molecule has 20 heavy (non-hydrogen) atoms. The highest BCUT2D eigenvalue weighted by atomic mass is 15.3. The van der Waals surface area contributed by atoms with E-state index in [-0.39, 0.29) is 0 Å². The number of rotatable bonds is 4. The topological polar surface area (TPSA) is 15.3 Å². The minimum atomic E-state index is 0.486. The Morgan fingerprint density at radius 1 is 0.950 bits per heavy atom. The van der Waals surface area contributed by atoms with Crippen LogP contribution >= 0.6 is 0 Å². The van der Waals surface area contributed by atoms with Crippen molar-refractivity contribution in [2.75, 3.05) is 19.6 Å². The van der Waals surface area contributed by atoms with E-state index in [0.717, 1.165) is 5.92 Å². The Morgan fingerprint density at radius 2 is 1.55 bits per heavy atom. The number of piperazine rings is 1. The second-order valence-electron chi connectivity index (χ2n) is 7.84. The fraction of sp³-hybridized carbons (Fsp3) is 1.00. The van der Waals surface area contributed by atoms with Crippen LogP contribution in [0.15, 0.2) is 0 Å². The normalized spacial score (nSPS) is 28.9. The zero-order chi connectivity index (χ0) is 14.1. The van der Waals surface area contributed by atoms with E-state index in [2.05, 4.69) is 24.1 Å². The van der Waals surface area contributed by atoms with Gasteiger partial charge in [-0.15, -0.1) is 0 Å². The van der Waals surface area contributed by atoms with Crippen LogP contribution in [-0.2, 0) is 0 Å². The summed E-state index contributed by atoms with van der Waals surface area (Å²) >= 11 is 0. The van der Waals surface area contributed by atoms with E-state index in [4.69, 9.17) is 0 Å².